The van der Waals surface area contributed by atoms with E-state index < -0.39 is 0 Å². The molecule has 0 aliphatic carbocycles. The van der Waals surface area contributed by atoms with Crippen LogP contribution < -0.4 is 0 Å². The summed E-state index contributed by atoms with van der Waals surface area (Å²) < 4.78 is 0. The van der Waals surface area contributed by atoms with Gasteiger partial charge in [0.25, 0.3) is 0 Å². The normalized spacial score (nSPS) is 9.50. The third-order valence-corrected chi connectivity index (χ3v) is 0.769. The Hall–Kier alpha value is -0.460. The van der Waals surface area contributed by atoms with E-state index in [2.05, 4.69) is 26.1 Å². The first kappa shape index (κ1) is 12.2. The fourth-order valence-corrected chi connectivity index (χ4v) is 0.344. The van der Waals surface area contributed by atoms with Crippen LogP contribution in [0.4, 0.5) is 0 Å². The SMILES string of the molecule is CC.CC(C)/C=C\N(C)C. The second-order valence-corrected chi connectivity index (χ2v) is 2.55. The fourth-order valence-electron chi connectivity index (χ4n) is 0.344. The van der Waals surface area contributed by atoms with E-state index in [9.17, 15) is 0 Å². The van der Waals surface area contributed by atoms with Gasteiger partial charge in [-0.15, -0.1) is 0 Å². The Morgan fingerprint density at radius 3 is 1.60 bits per heavy atom. The average molecular weight is 143 g/mol. The predicted octanol–water partition coefficient (Wildman–Crippen LogP) is 2.74. The molecule has 0 spiro atoms. The number of allylic oxidation sites excluding steroid dienone is 1. The van der Waals surface area contributed by atoms with E-state index in [-0.39, 0.29) is 0 Å². The van der Waals surface area contributed by atoms with E-state index in [0.29, 0.717) is 5.92 Å². The van der Waals surface area contributed by atoms with Crippen LogP contribution in [0, 0.1) is 5.92 Å². The highest BCUT2D eigenvalue weighted by atomic mass is 15.0. The van der Waals surface area contributed by atoms with Crippen molar-refractivity contribution in [2.24, 2.45) is 5.92 Å². The van der Waals surface area contributed by atoms with E-state index in [0.717, 1.165) is 0 Å². The van der Waals surface area contributed by atoms with Crippen LogP contribution in [0.3, 0.4) is 0 Å². The minimum atomic E-state index is 0.664. The molecule has 0 heterocycles. The molecule has 0 atom stereocenters. The van der Waals surface area contributed by atoms with Crippen LogP contribution in [0.2, 0.25) is 0 Å². The largest absolute Gasteiger partial charge is 0.384 e. The van der Waals surface area contributed by atoms with Gasteiger partial charge in [-0.25, -0.2) is 0 Å². The van der Waals surface area contributed by atoms with Gasteiger partial charge in [0, 0.05) is 14.1 Å². The molecule has 0 bridgehead atoms. The summed E-state index contributed by atoms with van der Waals surface area (Å²) in [5.41, 5.74) is 0. The molecule has 0 unspecified atom stereocenters. The smallest absolute Gasteiger partial charge is 0.00555 e. The lowest BCUT2D eigenvalue weighted by Gasteiger charge is -2.03. The van der Waals surface area contributed by atoms with Crippen molar-refractivity contribution < 1.29 is 0 Å². The summed E-state index contributed by atoms with van der Waals surface area (Å²) in [5.74, 6) is 0.664. The highest BCUT2D eigenvalue weighted by molar-refractivity contribution is 4.81. The molecule has 0 fully saturated rings. The van der Waals surface area contributed by atoms with Gasteiger partial charge in [0.15, 0.2) is 0 Å². The molecular formula is C9H21N. The third kappa shape index (κ3) is 15.6. The highest BCUT2D eigenvalue weighted by Gasteiger charge is 1.81. The molecular weight excluding hydrogens is 122 g/mol. The first-order valence-corrected chi connectivity index (χ1v) is 3.97. The van der Waals surface area contributed by atoms with Gasteiger partial charge >= 0.3 is 0 Å². The molecule has 0 aromatic carbocycles. The first-order chi connectivity index (χ1) is 4.63. The molecule has 0 radical (unpaired) electrons. The lowest BCUT2D eigenvalue weighted by Crippen LogP contribution is -2.00. The van der Waals surface area contributed by atoms with Crippen molar-refractivity contribution in [2.75, 3.05) is 14.1 Å². The Kier molecular flexibility index (Phi) is 10.5. The van der Waals surface area contributed by atoms with Crippen molar-refractivity contribution >= 4 is 0 Å². The standard InChI is InChI=1S/C7H15N.C2H6/c1-7(2)5-6-8(3)4;1-2/h5-7H,1-4H3;1-2H3/b6-5-;. The fraction of sp³-hybridized carbons (Fsp3) is 0.778. The van der Waals surface area contributed by atoms with Gasteiger partial charge in [-0.2, -0.15) is 0 Å². The van der Waals surface area contributed by atoms with Crippen LogP contribution in [0.5, 0.6) is 0 Å². The maximum Gasteiger partial charge on any atom is 0.00555 e. The van der Waals surface area contributed by atoms with Crippen molar-refractivity contribution in [2.45, 2.75) is 27.7 Å². The Balaban J connectivity index is 0. The molecule has 0 saturated heterocycles. The molecule has 0 aliphatic heterocycles. The zero-order chi connectivity index (χ0) is 8.57. The maximum absolute atomic E-state index is 2.17. The van der Waals surface area contributed by atoms with Crippen LogP contribution in [-0.2, 0) is 0 Å². The summed E-state index contributed by atoms with van der Waals surface area (Å²) in [6.45, 7) is 8.33. The van der Waals surface area contributed by atoms with Crippen LogP contribution >= 0.6 is 0 Å². The summed E-state index contributed by atoms with van der Waals surface area (Å²) in [6.07, 6.45) is 4.24. The molecule has 0 saturated carbocycles. The summed E-state index contributed by atoms with van der Waals surface area (Å²) in [5, 5.41) is 0. The van der Waals surface area contributed by atoms with Crippen molar-refractivity contribution in [1.29, 1.82) is 0 Å². The van der Waals surface area contributed by atoms with E-state index in [1.54, 1.807) is 0 Å². The second-order valence-electron chi connectivity index (χ2n) is 2.55. The second kappa shape index (κ2) is 8.54. The van der Waals surface area contributed by atoms with Gasteiger partial charge in [0.1, 0.15) is 0 Å². The Morgan fingerprint density at radius 1 is 1.10 bits per heavy atom. The zero-order valence-corrected chi connectivity index (χ0v) is 8.18. The van der Waals surface area contributed by atoms with E-state index >= 15 is 0 Å². The predicted molar refractivity (Wildman–Crippen MR) is 49.0 cm³/mol. The van der Waals surface area contributed by atoms with E-state index in [1.807, 2.05) is 32.8 Å². The van der Waals surface area contributed by atoms with Gasteiger partial charge in [-0.3, -0.25) is 0 Å². The Bertz CT molecular complexity index is 62.8. The van der Waals surface area contributed by atoms with Gasteiger partial charge < -0.3 is 4.90 Å². The van der Waals surface area contributed by atoms with E-state index in [4.69, 9.17) is 0 Å². The molecule has 1 nitrogen and oxygen atoms in total. The minimum absolute atomic E-state index is 0.664. The number of hydrogen-bond acceptors (Lipinski definition) is 1. The van der Waals surface area contributed by atoms with Crippen LogP contribution in [0.1, 0.15) is 27.7 Å². The molecule has 0 N–H and O–H groups in total. The lowest BCUT2D eigenvalue weighted by molar-refractivity contribution is 0.556. The van der Waals surface area contributed by atoms with Crippen molar-refractivity contribution in [1.82, 2.24) is 4.90 Å². The van der Waals surface area contributed by atoms with Crippen molar-refractivity contribution in [3.05, 3.63) is 12.3 Å². The summed E-state index contributed by atoms with van der Waals surface area (Å²) in [7, 11) is 4.05. The topological polar surface area (TPSA) is 3.24 Å². The Morgan fingerprint density at radius 2 is 1.50 bits per heavy atom. The van der Waals surface area contributed by atoms with Crippen LogP contribution in [0.15, 0.2) is 12.3 Å². The number of hydrogen-bond donors (Lipinski definition) is 0. The van der Waals surface area contributed by atoms with Gasteiger partial charge in [-0.1, -0.05) is 33.8 Å². The van der Waals surface area contributed by atoms with Crippen molar-refractivity contribution in [3.8, 4) is 0 Å². The van der Waals surface area contributed by atoms with Crippen LogP contribution in [0.25, 0.3) is 0 Å². The molecule has 62 valence electrons. The average Bonchev–Trinajstić information content (AvgIpc) is 1.89. The molecule has 0 amide bonds. The maximum atomic E-state index is 2.17. The zero-order valence-electron chi connectivity index (χ0n) is 8.18. The van der Waals surface area contributed by atoms with Gasteiger partial charge in [-0.05, 0) is 12.1 Å². The molecule has 0 aliphatic rings. The van der Waals surface area contributed by atoms with Crippen LogP contribution in [-0.4, -0.2) is 19.0 Å². The van der Waals surface area contributed by atoms with Crippen molar-refractivity contribution in [3.63, 3.8) is 0 Å². The van der Waals surface area contributed by atoms with E-state index in [1.165, 1.54) is 0 Å². The number of nitrogens with zero attached hydrogens (tertiary/aromatic N) is 1. The summed E-state index contributed by atoms with van der Waals surface area (Å²) in [6, 6.07) is 0. The Labute approximate surface area is 65.7 Å². The monoisotopic (exact) mass is 143 g/mol. The van der Waals surface area contributed by atoms with Gasteiger partial charge in [0.2, 0.25) is 0 Å². The molecule has 0 aromatic heterocycles. The van der Waals surface area contributed by atoms with Gasteiger partial charge in [0.05, 0.1) is 0 Å². The number of rotatable bonds is 2. The molecule has 10 heavy (non-hydrogen) atoms. The third-order valence-electron chi connectivity index (χ3n) is 0.769. The molecule has 1 heteroatoms. The molecule has 0 aromatic rings. The summed E-state index contributed by atoms with van der Waals surface area (Å²) >= 11 is 0. The molecule has 0 rings (SSSR count). The quantitative estimate of drug-likeness (QED) is 0.574. The lowest BCUT2D eigenvalue weighted by atomic mass is 10.2. The highest BCUT2D eigenvalue weighted by Crippen LogP contribution is 1.92. The summed E-state index contributed by atoms with van der Waals surface area (Å²) in [4.78, 5) is 2.04. The minimum Gasteiger partial charge on any atom is -0.384 e. The first-order valence-electron chi connectivity index (χ1n) is 3.97.